The number of esters is 1. The lowest BCUT2D eigenvalue weighted by Crippen LogP contribution is -2.46. The molecular formula is C25H28BrFN4O4S. The molecule has 0 spiro atoms. The Morgan fingerprint density at radius 3 is 2.92 bits per heavy atom. The van der Waals surface area contributed by atoms with Gasteiger partial charge in [0.05, 0.1) is 24.9 Å². The predicted molar refractivity (Wildman–Crippen MR) is 138 cm³/mol. The van der Waals surface area contributed by atoms with E-state index in [1.807, 2.05) is 5.38 Å². The molecule has 192 valence electrons. The molecule has 1 saturated heterocycles. The maximum Gasteiger partial charge on any atom is 0.338 e. The molecule has 2 unspecified atom stereocenters. The lowest BCUT2D eigenvalue weighted by Gasteiger charge is -2.35. The second kappa shape index (κ2) is 12.2. The second-order valence-corrected chi connectivity index (χ2v) is 10.3. The molecule has 2 atom stereocenters. The van der Waals surface area contributed by atoms with Gasteiger partial charge in [-0.25, -0.2) is 14.2 Å². The van der Waals surface area contributed by atoms with Crippen LogP contribution in [0.4, 0.5) is 4.39 Å². The zero-order valence-corrected chi connectivity index (χ0v) is 22.5. The number of aromatic nitrogens is 1. The molecule has 0 bridgehead atoms. The molecule has 2 aliphatic heterocycles. The van der Waals surface area contributed by atoms with E-state index >= 15 is 0 Å². The molecule has 3 heterocycles. The summed E-state index contributed by atoms with van der Waals surface area (Å²) >= 11 is 4.88. The number of amidine groups is 1. The zero-order chi connectivity index (χ0) is 25.7. The highest BCUT2D eigenvalue weighted by Crippen LogP contribution is 2.37. The van der Waals surface area contributed by atoms with E-state index in [0.717, 1.165) is 0 Å². The van der Waals surface area contributed by atoms with Crippen LogP contribution in [0.3, 0.4) is 0 Å². The molecule has 0 radical (unpaired) electrons. The number of hydrogen-bond acceptors (Lipinski definition) is 9. The lowest BCUT2D eigenvalue weighted by molar-refractivity contribution is -0.139. The van der Waals surface area contributed by atoms with Gasteiger partial charge in [0.25, 0.3) is 0 Å². The minimum atomic E-state index is -0.719. The maximum absolute atomic E-state index is 13.9. The van der Waals surface area contributed by atoms with Gasteiger partial charge in [-0.15, -0.1) is 11.3 Å². The number of aliphatic imine (C=N–C) groups is 1. The number of carbonyl (C=O) groups is 2. The third-order valence-electron chi connectivity index (χ3n) is 5.94. The maximum atomic E-state index is 13.9. The highest BCUT2D eigenvalue weighted by Gasteiger charge is 2.35. The lowest BCUT2D eigenvalue weighted by atomic mass is 9.95. The number of hydrogen-bond donors (Lipinski definition) is 1. The van der Waals surface area contributed by atoms with Gasteiger partial charge in [0.15, 0.2) is 10.8 Å². The SMILES string of the molecule is CCOC(=O)C1=C(CN2CCOC(CCC(C)=O)C2)NC(c2nccs2)=NC1c1ccc(F)cc1Br. The van der Waals surface area contributed by atoms with Crippen LogP contribution in [0.15, 0.2) is 50.5 Å². The number of nitrogens with zero attached hydrogens (tertiary/aromatic N) is 3. The Morgan fingerprint density at radius 2 is 2.22 bits per heavy atom. The van der Waals surface area contributed by atoms with Crippen molar-refractivity contribution in [2.45, 2.75) is 38.8 Å². The fraction of sp³-hybridized carbons (Fsp3) is 0.440. The molecule has 1 fully saturated rings. The van der Waals surface area contributed by atoms with Crippen LogP contribution in [0.25, 0.3) is 0 Å². The average Bonchev–Trinajstić information content (AvgIpc) is 3.38. The molecule has 0 aliphatic carbocycles. The smallest absolute Gasteiger partial charge is 0.338 e. The predicted octanol–water partition coefficient (Wildman–Crippen LogP) is 4.02. The average molecular weight is 579 g/mol. The number of benzene rings is 1. The Labute approximate surface area is 221 Å². The molecule has 1 aromatic heterocycles. The summed E-state index contributed by atoms with van der Waals surface area (Å²) in [6.07, 6.45) is 2.75. The van der Waals surface area contributed by atoms with Crippen LogP contribution in [0.1, 0.15) is 43.3 Å². The highest BCUT2D eigenvalue weighted by molar-refractivity contribution is 9.10. The van der Waals surface area contributed by atoms with Crippen molar-refractivity contribution in [3.05, 3.63) is 61.9 Å². The van der Waals surface area contributed by atoms with Crippen LogP contribution in [-0.4, -0.2) is 66.4 Å². The van der Waals surface area contributed by atoms with Gasteiger partial charge < -0.3 is 19.6 Å². The number of ether oxygens (including phenoxy) is 2. The van der Waals surface area contributed by atoms with Gasteiger partial charge in [0.2, 0.25) is 0 Å². The fourth-order valence-electron chi connectivity index (χ4n) is 4.25. The first-order valence-corrected chi connectivity index (χ1v) is 13.5. The second-order valence-electron chi connectivity index (χ2n) is 8.59. The topological polar surface area (TPSA) is 93.1 Å². The Kier molecular flexibility index (Phi) is 9.00. The van der Waals surface area contributed by atoms with Gasteiger partial charge in [-0.1, -0.05) is 22.0 Å². The molecule has 0 amide bonds. The molecule has 0 saturated carbocycles. The van der Waals surface area contributed by atoms with Crippen molar-refractivity contribution < 1.29 is 23.5 Å². The van der Waals surface area contributed by atoms with Crippen molar-refractivity contribution in [1.29, 1.82) is 0 Å². The summed E-state index contributed by atoms with van der Waals surface area (Å²) in [4.78, 5) is 36.1. The molecule has 1 N–H and O–H groups in total. The van der Waals surface area contributed by atoms with Crippen molar-refractivity contribution in [3.8, 4) is 0 Å². The van der Waals surface area contributed by atoms with Crippen LogP contribution >= 0.6 is 27.3 Å². The molecule has 4 rings (SSSR count). The van der Waals surface area contributed by atoms with Crippen molar-refractivity contribution in [1.82, 2.24) is 15.2 Å². The summed E-state index contributed by atoms with van der Waals surface area (Å²) < 4.78 is 25.7. The largest absolute Gasteiger partial charge is 0.463 e. The van der Waals surface area contributed by atoms with E-state index in [4.69, 9.17) is 14.5 Å². The number of ketones is 1. The van der Waals surface area contributed by atoms with E-state index in [1.54, 1.807) is 26.1 Å². The molecule has 11 heteroatoms. The van der Waals surface area contributed by atoms with Gasteiger partial charge in [0, 0.05) is 47.8 Å². The van der Waals surface area contributed by atoms with Crippen LogP contribution in [0.2, 0.25) is 0 Å². The normalized spacial score (nSPS) is 20.6. The van der Waals surface area contributed by atoms with E-state index in [0.29, 0.717) is 71.2 Å². The number of morpholine rings is 1. The summed E-state index contributed by atoms with van der Waals surface area (Å²) in [5.74, 6) is -0.204. The summed E-state index contributed by atoms with van der Waals surface area (Å²) in [5.41, 5.74) is 1.67. The van der Waals surface area contributed by atoms with Crippen molar-refractivity contribution in [3.63, 3.8) is 0 Å². The molecular weight excluding hydrogens is 551 g/mol. The van der Waals surface area contributed by atoms with Crippen LogP contribution in [0, 0.1) is 5.82 Å². The first kappa shape index (κ1) is 26.6. The van der Waals surface area contributed by atoms with Gasteiger partial charge in [-0.3, -0.25) is 9.89 Å². The van der Waals surface area contributed by atoms with E-state index in [-0.39, 0.29) is 18.5 Å². The quantitative estimate of drug-likeness (QED) is 0.449. The number of halogens is 2. The highest BCUT2D eigenvalue weighted by atomic mass is 79.9. The van der Waals surface area contributed by atoms with Crippen LogP contribution < -0.4 is 5.32 Å². The first-order chi connectivity index (χ1) is 17.4. The van der Waals surface area contributed by atoms with E-state index in [2.05, 4.69) is 31.1 Å². The van der Waals surface area contributed by atoms with Crippen LogP contribution in [-0.2, 0) is 19.1 Å². The Hall–Kier alpha value is -2.47. The summed E-state index contributed by atoms with van der Waals surface area (Å²) in [6.45, 7) is 5.80. The summed E-state index contributed by atoms with van der Waals surface area (Å²) in [7, 11) is 0. The minimum Gasteiger partial charge on any atom is -0.463 e. The third kappa shape index (κ3) is 6.44. The molecule has 1 aromatic carbocycles. The standard InChI is InChI=1S/C25H28BrFN4O4S/c1-3-34-25(33)21-20(14-31-9-10-35-17(13-31)6-4-15(2)32)29-23(24-28-8-11-36-24)30-22(21)18-7-5-16(27)12-19(18)26/h5,7-8,11-12,17,22H,3-4,6,9-10,13-14H2,1-2H3,(H,29,30). The Bertz CT molecular complexity index is 1170. The van der Waals surface area contributed by atoms with Gasteiger partial charge in [-0.2, -0.15) is 0 Å². The van der Waals surface area contributed by atoms with Gasteiger partial charge in [-0.05, 0) is 38.0 Å². The van der Waals surface area contributed by atoms with E-state index < -0.39 is 17.8 Å². The number of rotatable bonds is 9. The summed E-state index contributed by atoms with van der Waals surface area (Å²) in [6, 6.07) is 3.62. The third-order valence-corrected chi connectivity index (χ3v) is 7.40. The first-order valence-electron chi connectivity index (χ1n) is 11.8. The number of carbonyl (C=O) groups excluding carboxylic acids is 2. The Morgan fingerprint density at radius 1 is 1.39 bits per heavy atom. The van der Waals surface area contributed by atoms with Crippen molar-refractivity contribution >= 4 is 44.9 Å². The molecule has 36 heavy (non-hydrogen) atoms. The fourth-order valence-corrected chi connectivity index (χ4v) is 5.41. The number of Topliss-reactive ketones (excluding diaryl/α,β-unsaturated/α-hetero) is 1. The van der Waals surface area contributed by atoms with E-state index in [9.17, 15) is 14.0 Å². The van der Waals surface area contributed by atoms with E-state index in [1.165, 1.54) is 23.5 Å². The molecule has 8 nitrogen and oxygen atoms in total. The van der Waals surface area contributed by atoms with Crippen LogP contribution in [0.5, 0.6) is 0 Å². The number of thiazole rings is 1. The zero-order valence-electron chi connectivity index (χ0n) is 20.1. The van der Waals surface area contributed by atoms with Gasteiger partial charge >= 0.3 is 5.97 Å². The number of nitrogens with one attached hydrogen (secondary N) is 1. The monoisotopic (exact) mass is 578 g/mol. The minimum absolute atomic E-state index is 0.0629. The summed E-state index contributed by atoms with van der Waals surface area (Å²) in [5, 5.41) is 5.87. The van der Waals surface area contributed by atoms with Gasteiger partial charge in [0.1, 0.15) is 17.6 Å². The van der Waals surface area contributed by atoms with Crippen molar-refractivity contribution in [2.75, 3.05) is 32.8 Å². The molecule has 2 aromatic rings. The molecule has 2 aliphatic rings. The Balaban J connectivity index is 1.71. The van der Waals surface area contributed by atoms with Crippen molar-refractivity contribution in [2.24, 2.45) is 4.99 Å².